The SMILES string of the molecule is CC(C)(C)c1ccc(C(=O)Nc2ccccc2NC(=O)CC2COCCN2)cc1.Cl. The van der Waals surface area contributed by atoms with Crippen molar-refractivity contribution in [2.24, 2.45) is 0 Å². The summed E-state index contributed by atoms with van der Waals surface area (Å²) in [7, 11) is 0. The first-order chi connectivity index (χ1) is 13.8. The molecule has 0 spiro atoms. The molecule has 0 aromatic heterocycles. The Kier molecular flexibility index (Phi) is 8.41. The lowest BCUT2D eigenvalue weighted by atomic mass is 9.87. The average molecular weight is 432 g/mol. The number of nitrogens with one attached hydrogen (secondary N) is 3. The molecular formula is C23H30ClN3O3. The maximum Gasteiger partial charge on any atom is 0.255 e. The van der Waals surface area contributed by atoms with Crippen LogP contribution in [-0.2, 0) is 14.9 Å². The number of benzene rings is 2. The highest BCUT2D eigenvalue weighted by Gasteiger charge is 2.18. The zero-order chi connectivity index (χ0) is 20.9. The molecule has 0 saturated carbocycles. The molecule has 1 atom stereocenters. The van der Waals surface area contributed by atoms with E-state index in [4.69, 9.17) is 4.74 Å². The van der Waals surface area contributed by atoms with Gasteiger partial charge in [-0.25, -0.2) is 0 Å². The van der Waals surface area contributed by atoms with Gasteiger partial charge in [0.15, 0.2) is 0 Å². The summed E-state index contributed by atoms with van der Waals surface area (Å²) in [6.45, 7) is 8.35. The van der Waals surface area contributed by atoms with E-state index in [1.807, 2.05) is 36.4 Å². The highest BCUT2D eigenvalue weighted by molar-refractivity contribution is 6.07. The minimum absolute atomic E-state index is 0. The fraction of sp³-hybridized carbons (Fsp3) is 0.391. The van der Waals surface area contributed by atoms with Crippen LogP contribution in [0, 0.1) is 0 Å². The second-order valence-corrected chi connectivity index (χ2v) is 8.31. The quantitative estimate of drug-likeness (QED) is 0.669. The van der Waals surface area contributed by atoms with E-state index in [0.29, 0.717) is 36.6 Å². The molecule has 2 amide bonds. The lowest BCUT2D eigenvalue weighted by Crippen LogP contribution is -2.43. The van der Waals surface area contributed by atoms with Crippen molar-refractivity contribution in [2.45, 2.75) is 38.6 Å². The van der Waals surface area contributed by atoms with Crippen LogP contribution >= 0.6 is 12.4 Å². The molecule has 2 aromatic carbocycles. The summed E-state index contributed by atoms with van der Waals surface area (Å²) in [5, 5.41) is 9.06. The number of hydrogen-bond donors (Lipinski definition) is 3. The smallest absolute Gasteiger partial charge is 0.255 e. The zero-order valence-corrected chi connectivity index (χ0v) is 18.5. The number of morpholine rings is 1. The van der Waals surface area contributed by atoms with Crippen LogP contribution in [0.5, 0.6) is 0 Å². The van der Waals surface area contributed by atoms with Crippen molar-refractivity contribution in [3.63, 3.8) is 0 Å². The molecule has 2 aromatic rings. The van der Waals surface area contributed by atoms with Gasteiger partial charge in [0.2, 0.25) is 5.91 Å². The van der Waals surface area contributed by atoms with Gasteiger partial charge in [-0.3, -0.25) is 9.59 Å². The third-order valence-electron chi connectivity index (χ3n) is 4.89. The van der Waals surface area contributed by atoms with Crippen LogP contribution in [-0.4, -0.2) is 37.6 Å². The second-order valence-electron chi connectivity index (χ2n) is 8.31. The van der Waals surface area contributed by atoms with Gasteiger partial charge in [0.25, 0.3) is 5.91 Å². The van der Waals surface area contributed by atoms with Gasteiger partial charge in [-0.05, 0) is 35.2 Å². The molecule has 162 valence electrons. The van der Waals surface area contributed by atoms with Crippen LogP contribution in [0.1, 0.15) is 43.1 Å². The van der Waals surface area contributed by atoms with Crippen LogP contribution in [0.4, 0.5) is 11.4 Å². The summed E-state index contributed by atoms with van der Waals surface area (Å²) in [4.78, 5) is 25.1. The Morgan fingerprint density at radius 3 is 2.23 bits per heavy atom. The normalized spacial score (nSPS) is 16.3. The molecule has 1 unspecified atom stereocenters. The Hall–Kier alpha value is -2.41. The third kappa shape index (κ3) is 6.55. The van der Waals surface area contributed by atoms with Gasteiger partial charge in [-0.1, -0.05) is 45.0 Å². The Balaban J connectivity index is 0.00000320. The number of hydrogen-bond acceptors (Lipinski definition) is 4. The lowest BCUT2D eigenvalue weighted by Gasteiger charge is -2.23. The predicted octanol–water partition coefficient (Wildman–Crippen LogP) is 3.98. The van der Waals surface area contributed by atoms with Crippen molar-refractivity contribution in [1.82, 2.24) is 5.32 Å². The molecule has 3 rings (SSSR count). The summed E-state index contributed by atoms with van der Waals surface area (Å²) >= 11 is 0. The standard InChI is InChI=1S/C23H29N3O3.ClH/c1-23(2,3)17-10-8-16(9-11-17)22(28)26-20-7-5-4-6-19(20)25-21(27)14-18-15-29-13-12-24-18;/h4-11,18,24H,12-15H2,1-3H3,(H,25,27)(H,26,28);1H. The first-order valence-corrected chi connectivity index (χ1v) is 9.95. The number of halogens is 1. The number of anilines is 2. The number of ether oxygens (including phenoxy) is 1. The van der Waals surface area contributed by atoms with Crippen molar-refractivity contribution >= 4 is 35.6 Å². The van der Waals surface area contributed by atoms with Gasteiger partial charge in [-0.2, -0.15) is 0 Å². The maximum atomic E-state index is 12.7. The second kappa shape index (κ2) is 10.6. The summed E-state index contributed by atoms with van der Waals surface area (Å²) in [5.41, 5.74) is 2.92. The molecule has 1 aliphatic heterocycles. The van der Waals surface area contributed by atoms with E-state index in [1.165, 1.54) is 5.56 Å². The van der Waals surface area contributed by atoms with E-state index in [1.54, 1.807) is 12.1 Å². The topological polar surface area (TPSA) is 79.5 Å². The molecule has 0 aliphatic carbocycles. The molecule has 30 heavy (non-hydrogen) atoms. The van der Waals surface area contributed by atoms with Crippen LogP contribution in [0.2, 0.25) is 0 Å². The van der Waals surface area contributed by atoms with E-state index in [-0.39, 0.29) is 35.7 Å². The monoisotopic (exact) mass is 431 g/mol. The first-order valence-electron chi connectivity index (χ1n) is 9.95. The largest absolute Gasteiger partial charge is 0.378 e. The highest BCUT2D eigenvalue weighted by Crippen LogP contribution is 2.24. The lowest BCUT2D eigenvalue weighted by molar-refractivity contribution is -0.117. The molecule has 1 heterocycles. The molecule has 0 bridgehead atoms. The Morgan fingerprint density at radius 2 is 1.67 bits per heavy atom. The van der Waals surface area contributed by atoms with Crippen molar-refractivity contribution in [2.75, 3.05) is 30.4 Å². The van der Waals surface area contributed by atoms with E-state index in [9.17, 15) is 9.59 Å². The third-order valence-corrected chi connectivity index (χ3v) is 4.89. The summed E-state index contributed by atoms with van der Waals surface area (Å²) in [6, 6.07) is 14.8. The van der Waals surface area contributed by atoms with Crippen LogP contribution in [0.15, 0.2) is 48.5 Å². The minimum Gasteiger partial charge on any atom is -0.378 e. The van der Waals surface area contributed by atoms with E-state index >= 15 is 0 Å². The fourth-order valence-corrected chi connectivity index (χ4v) is 3.19. The van der Waals surface area contributed by atoms with Crippen molar-refractivity contribution in [3.8, 4) is 0 Å². The van der Waals surface area contributed by atoms with Gasteiger partial charge in [0.1, 0.15) is 0 Å². The molecule has 3 N–H and O–H groups in total. The molecule has 1 fully saturated rings. The number of carbonyl (C=O) groups is 2. The molecule has 0 radical (unpaired) electrons. The zero-order valence-electron chi connectivity index (χ0n) is 17.7. The van der Waals surface area contributed by atoms with Gasteiger partial charge in [-0.15, -0.1) is 12.4 Å². The fourth-order valence-electron chi connectivity index (χ4n) is 3.19. The summed E-state index contributed by atoms with van der Waals surface area (Å²) in [5.74, 6) is -0.335. The highest BCUT2D eigenvalue weighted by atomic mass is 35.5. The summed E-state index contributed by atoms with van der Waals surface area (Å²) < 4.78 is 5.39. The van der Waals surface area contributed by atoms with Gasteiger partial charge in [0, 0.05) is 24.6 Å². The molecule has 6 nitrogen and oxygen atoms in total. The Morgan fingerprint density at radius 1 is 1.03 bits per heavy atom. The molecule has 1 aliphatic rings. The van der Waals surface area contributed by atoms with E-state index in [0.717, 1.165) is 6.54 Å². The molecule has 1 saturated heterocycles. The van der Waals surface area contributed by atoms with Crippen molar-refractivity contribution < 1.29 is 14.3 Å². The Bertz CT molecular complexity index is 857. The van der Waals surface area contributed by atoms with Crippen LogP contribution in [0.25, 0.3) is 0 Å². The number of carbonyl (C=O) groups excluding carboxylic acids is 2. The first kappa shape index (κ1) is 23.9. The van der Waals surface area contributed by atoms with Gasteiger partial charge >= 0.3 is 0 Å². The van der Waals surface area contributed by atoms with Crippen molar-refractivity contribution in [3.05, 3.63) is 59.7 Å². The van der Waals surface area contributed by atoms with E-state index < -0.39 is 0 Å². The van der Waals surface area contributed by atoms with Crippen LogP contribution in [0.3, 0.4) is 0 Å². The Labute approximate surface area is 184 Å². The van der Waals surface area contributed by atoms with Crippen LogP contribution < -0.4 is 16.0 Å². The average Bonchev–Trinajstić information content (AvgIpc) is 2.69. The number of para-hydroxylation sites is 2. The van der Waals surface area contributed by atoms with E-state index in [2.05, 4.69) is 36.7 Å². The van der Waals surface area contributed by atoms with Gasteiger partial charge < -0.3 is 20.7 Å². The predicted molar refractivity (Wildman–Crippen MR) is 123 cm³/mol. The van der Waals surface area contributed by atoms with Gasteiger partial charge in [0.05, 0.1) is 24.6 Å². The number of amides is 2. The molecular weight excluding hydrogens is 402 g/mol. The van der Waals surface area contributed by atoms with Crippen molar-refractivity contribution in [1.29, 1.82) is 0 Å². The minimum atomic E-state index is -0.213. The molecule has 7 heteroatoms. The summed E-state index contributed by atoms with van der Waals surface area (Å²) in [6.07, 6.45) is 0.316. The maximum absolute atomic E-state index is 12.7. The number of rotatable bonds is 5.